The maximum Gasteiger partial charge on any atom is 0.227 e. The molecule has 1 aliphatic rings. The zero-order valence-corrected chi connectivity index (χ0v) is 16.7. The third-order valence-electron chi connectivity index (χ3n) is 4.66. The molecule has 134 valence electrons. The molecule has 1 atom stereocenters. The molecule has 3 heterocycles. The summed E-state index contributed by atoms with van der Waals surface area (Å²) in [6, 6.07) is 18.7. The van der Waals surface area contributed by atoms with Gasteiger partial charge in [-0.1, -0.05) is 52.3 Å². The van der Waals surface area contributed by atoms with Crippen molar-refractivity contribution in [3.8, 4) is 0 Å². The first-order valence-electron chi connectivity index (χ1n) is 8.52. The molecule has 0 saturated heterocycles. The summed E-state index contributed by atoms with van der Waals surface area (Å²) in [5, 5.41) is 5.46. The zero-order valence-electron chi connectivity index (χ0n) is 14.2. The summed E-state index contributed by atoms with van der Waals surface area (Å²) in [4.78, 5) is 10.2. The van der Waals surface area contributed by atoms with Crippen molar-refractivity contribution in [3.63, 3.8) is 0 Å². The van der Waals surface area contributed by atoms with Crippen LogP contribution in [0.1, 0.15) is 10.4 Å². The van der Waals surface area contributed by atoms with Gasteiger partial charge >= 0.3 is 0 Å². The van der Waals surface area contributed by atoms with Crippen molar-refractivity contribution in [2.75, 3.05) is 6.61 Å². The molecule has 5 rings (SSSR count). The Morgan fingerprint density at radius 2 is 2.04 bits per heavy atom. The summed E-state index contributed by atoms with van der Waals surface area (Å²) in [5.74, 6) is 0.691. The molecule has 1 aliphatic heterocycles. The lowest BCUT2D eigenvalue weighted by molar-refractivity contribution is 0.230. The highest BCUT2D eigenvalue weighted by molar-refractivity contribution is 9.10. The average molecular weight is 439 g/mol. The van der Waals surface area contributed by atoms with Gasteiger partial charge in [0.2, 0.25) is 5.90 Å². The van der Waals surface area contributed by atoms with E-state index in [1.807, 2.05) is 22.9 Å². The number of hydrogen-bond acceptors (Lipinski definition) is 5. The lowest BCUT2D eigenvalue weighted by Gasteiger charge is -2.24. The van der Waals surface area contributed by atoms with Gasteiger partial charge in [-0.15, -0.1) is 11.3 Å². The van der Waals surface area contributed by atoms with E-state index in [1.165, 1.54) is 10.1 Å². The van der Waals surface area contributed by atoms with Crippen molar-refractivity contribution >= 4 is 43.3 Å². The zero-order chi connectivity index (χ0) is 18.3. The highest BCUT2D eigenvalue weighted by atomic mass is 79.9. The summed E-state index contributed by atoms with van der Waals surface area (Å²) >= 11 is 5.23. The Morgan fingerprint density at radius 1 is 1.15 bits per heavy atom. The molecule has 0 bridgehead atoms. The van der Waals surface area contributed by atoms with E-state index in [2.05, 4.69) is 62.4 Å². The van der Waals surface area contributed by atoms with Crippen LogP contribution in [-0.2, 0) is 16.8 Å². The topological polar surface area (TPSA) is 52.3 Å². The predicted octanol–water partition coefficient (Wildman–Crippen LogP) is 4.63. The number of aromatic nitrogens is 3. The Bertz CT molecular complexity index is 1120. The van der Waals surface area contributed by atoms with E-state index in [1.54, 1.807) is 24.0 Å². The second-order valence-electron chi connectivity index (χ2n) is 6.49. The van der Waals surface area contributed by atoms with Gasteiger partial charge in [0.05, 0.1) is 11.4 Å². The lowest BCUT2D eigenvalue weighted by Crippen LogP contribution is -2.31. The van der Waals surface area contributed by atoms with Crippen LogP contribution in [0, 0.1) is 0 Å². The van der Waals surface area contributed by atoms with Gasteiger partial charge in [-0.05, 0) is 29.1 Å². The van der Waals surface area contributed by atoms with E-state index < -0.39 is 5.54 Å². The molecule has 0 fully saturated rings. The maximum absolute atomic E-state index is 6.11. The molecule has 0 spiro atoms. The third kappa shape index (κ3) is 3.07. The Morgan fingerprint density at radius 3 is 2.85 bits per heavy atom. The number of fused-ring (bicyclic) bond motifs is 1. The van der Waals surface area contributed by atoms with E-state index in [4.69, 9.17) is 9.73 Å². The van der Waals surface area contributed by atoms with Gasteiger partial charge in [-0.3, -0.25) is 4.68 Å². The molecule has 0 N–H and O–H groups in total. The quantitative estimate of drug-likeness (QED) is 0.466. The van der Waals surface area contributed by atoms with Crippen molar-refractivity contribution in [2.24, 2.45) is 4.99 Å². The summed E-state index contributed by atoms with van der Waals surface area (Å²) in [7, 11) is 0. The fraction of sp³-hybridized carbons (Fsp3) is 0.150. The Kier molecular flexibility index (Phi) is 4.06. The number of rotatable bonds is 4. The molecular weight excluding hydrogens is 424 g/mol. The standard InChI is InChI=1S/C20H15BrN4OS/c21-16-7-6-14-8-18(27-17(14)9-16)19-24-20(11-26-19,10-25-13-22-12-23-25)15-4-2-1-3-5-15/h1-9,12-13H,10-11H2. The van der Waals surface area contributed by atoms with Gasteiger partial charge < -0.3 is 4.74 Å². The SMILES string of the molecule is Brc1ccc2cc(C3=NC(Cn4cncn4)(c4ccccc4)CO3)sc2c1. The third-order valence-corrected chi connectivity index (χ3v) is 6.24. The van der Waals surface area contributed by atoms with Crippen molar-refractivity contribution in [2.45, 2.75) is 12.1 Å². The van der Waals surface area contributed by atoms with Gasteiger partial charge in [-0.2, -0.15) is 5.10 Å². The molecule has 5 nitrogen and oxygen atoms in total. The fourth-order valence-corrected chi connectivity index (χ4v) is 4.89. The summed E-state index contributed by atoms with van der Waals surface area (Å²) in [5.41, 5.74) is 0.598. The van der Waals surface area contributed by atoms with Gasteiger partial charge in [0.1, 0.15) is 24.8 Å². The normalized spacial score (nSPS) is 19.2. The first kappa shape index (κ1) is 16.6. The summed E-state index contributed by atoms with van der Waals surface area (Å²) in [6.45, 7) is 1.06. The molecule has 1 unspecified atom stereocenters. The predicted molar refractivity (Wildman–Crippen MR) is 110 cm³/mol. The second-order valence-corrected chi connectivity index (χ2v) is 8.49. The second kappa shape index (κ2) is 6.58. The van der Waals surface area contributed by atoms with Crippen molar-refractivity contribution in [1.29, 1.82) is 0 Å². The van der Waals surface area contributed by atoms with E-state index in [-0.39, 0.29) is 0 Å². The van der Waals surface area contributed by atoms with E-state index in [0.717, 1.165) is 14.9 Å². The monoisotopic (exact) mass is 438 g/mol. The summed E-state index contributed by atoms with van der Waals surface area (Å²) in [6.07, 6.45) is 3.26. The first-order chi connectivity index (χ1) is 13.2. The van der Waals surface area contributed by atoms with Crippen LogP contribution in [0.5, 0.6) is 0 Å². The molecule has 0 saturated carbocycles. The number of hydrogen-bond donors (Lipinski definition) is 0. The minimum Gasteiger partial charge on any atom is -0.474 e. The molecule has 0 aliphatic carbocycles. The van der Waals surface area contributed by atoms with E-state index in [0.29, 0.717) is 19.0 Å². The van der Waals surface area contributed by atoms with E-state index in [9.17, 15) is 0 Å². The van der Waals surface area contributed by atoms with Crippen LogP contribution in [0.2, 0.25) is 0 Å². The minimum absolute atomic E-state index is 0.476. The Balaban J connectivity index is 1.59. The highest BCUT2D eigenvalue weighted by Gasteiger charge is 2.40. The van der Waals surface area contributed by atoms with Crippen LogP contribution in [0.4, 0.5) is 0 Å². The van der Waals surface area contributed by atoms with E-state index >= 15 is 0 Å². The van der Waals surface area contributed by atoms with Crippen LogP contribution in [0.25, 0.3) is 10.1 Å². The maximum atomic E-state index is 6.11. The Labute approximate surface area is 168 Å². The van der Waals surface area contributed by atoms with Crippen molar-refractivity contribution < 1.29 is 4.74 Å². The molecule has 7 heteroatoms. The number of thiophene rings is 1. The molecule has 0 amide bonds. The molecule has 2 aromatic carbocycles. The summed E-state index contributed by atoms with van der Waals surface area (Å²) < 4.78 is 10.2. The molecule has 27 heavy (non-hydrogen) atoms. The van der Waals surface area contributed by atoms with Gasteiger partial charge in [0.15, 0.2) is 0 Å². The van der Waals surface area contributed by atoms with Gasteiger partial charge in [-0.25, -0.2) is 9.98 Å². The van der Waals surface area contributed by atoms with Crippen LogP contribution >= 0.6 is 27.3 Å². The molecule has 4 aromatic rings. The smallest absolute Gasteiger partial charge is 0.227 e. The van der Waals surface area contributed by atoms with Crippen molar-refractivity contribution in [1.82, 2.24) is 14.8 Å². The lowest BCUT2D eigenvalue weighted by atomic mass is 9.92. The minimum atomic E-state index is -0.513. The van der Waals surface area contributed by atoms with Crippen LogP contribution in [0.3, 0.4) is 0 Å². The molecular formula is C20H15BrN4OS. The largest absolute Gasteiger partial charge is 0.474 e. The number of aliphatic imine (C=N–C) groups is 1. The fourth-order valence-electron chi connectivity index (χ4n) is 3.33. The van der Waals surface area contributed by atoms with Crippen LogP contribution in [0.15, 0.2) is 76.7 Å². The van der Waals surface area contributed by atoms with Crippen LogP contribution < -0.4 is 0 Å². The first-order valence-corrected chi connectivity index (χ1v) is 10.1. The molecule has 0 radical (unpaired) electrons. The van der Waals surface area contributed by atoms with Gasteiger partial charge in [0.25, 0.3) is 0 Å². The number of benzene rings is 2. The highest BCUT2D eigenvalue weighted by Crippen LogP contribution is 2.36. The molecule has 2 aromatic heterocycles. The average Bonchev–Trinajstić information content (AvgIpc) is 3.42. The number of ether oxygens (including phenoxy) is 1. The van der Waals surface area contributed by atoms with Crippen molar-refractivity contribution in [3.05, 3.63) is 82.2 Å². The number of nitrogens with zero attached hydrogens (tertiary/aromatic N) is 4. The van der Waals surface area contributed by atoms with Gasteiger partial charge in [0, 0.05) is 9.17 Å². The number of halogens is 1. The van der Waals surface area contributed by atoms with Crippen LogP contribution in [-0.4, -0.2) is 27.3 Å². The Hall–Kier alpha value is -2.51.